The highest BCUT2D eigenvalue weighted by Gasteiger charge is 2.17. The summed E-state index contributed by atoms with van der Waals surface area (Å²) in [6.07, 6.45) is 0. The Morgan fingerprint density at radius 1 is 1.17 bits per heavy atom. The zero-order chi connectivity index (χ0) is 17.1. The number of benzene rings is 2. The van der Waals surface area contributed by atoms with Gasteiger partial charge in [0, 0.05) is 29.6 Å². The summed E-state index contributed by atoms with van der Waals surface area (Å²) in [6, 6.07) is 16.7. The molecule has 5 heteroatoms. The fourth-order valence-corrected chi connectivity index (χ4v) is 2.85. The van der Waals surface area contributed by atoms with E-state index in [-0.39, 0.29) is 19.1 Å². The Hall–Kier alpha value is -2.43. The number of para-hydroxylation sites is 1. The molecule has 122 valence electrons. The normalized spacial score (nSPS) is 10.8. The van der Waals surface area contributed by atoms with Crippen LogP contribution in [-0.4, -0.2) is 41.1 Å². The molecule has 0 bridgehead atoms. The van der Waals surface area contributed by atoms with Crippen LogP contribution in [0.25, 0.3) is 22.2 Å². The minimum absolute atomic E-state index is 0.0807. The molecule has 4 nitrogen and oxygen atoms in total. The number of aliphatic hydroxyl groups is 1. The number of rotatable bonds is 4. The fourth-order valence-electron chi connectivity index (χ4n) is 2.62. The van der Waals surface area contributed by atoms with Crippen LogP contribution in [0.5, 0.6) is 0 Å². The van der Waals surface area contributed by atoms with Crippen LogP contribution in [0.2, 0.25) is 5.02 Å². The highest BCUT2D eigenvalue weighted by Crippen LogP contribution is 2.30. The molecule has 0 atom stereocenters. The third-order valence-electron chi connectivity index (χ3n) is 3.88. The summed E-state index contributed by atoms with van der Waals surface area (Å²) in [5.41, 5.74) is 2.71. The summed E-state index contributed by atoms with van der Waals surface area (Å²) in [5, 5.41) is 10.5. The van der Waals surface area contributed by atoms with Crippen molar-refractivity contribution in [1.82, 2.24) is 9.88 Å². The zero-order valence-corrected chi connectivity index (χ0v) is 14.0. The molecule has 0 saturated carbocycles. The minimum Gasteiger partial charge on any atom is -0.395 e. The summed E-state index contributed by atoms with van der Waals surface area (Å²) < 4.78 is 0. The quantitative estimate of drug-likeness (QED) is 0.789. The summed E-state index contributed by atoms with van der Waals surface area (Å²) in [5.74, 6) is -0.157. The molecule has 0 aliphatic heterocycles. The molecule has 0 saturated heterocycles. The molecule has 3 aromatic rings. The van der Waals surface area contributed by atoms with Crippen LogP contribution in [0.4, 0.5) is 0 Å². The largest absolute Gasteiger partial charge is 0.395 e. The zero-order valence-electron chi connectivity index (χ0n) is 13.2. The Morgan fingerprint density at radius 2 is 1.88 bits per heavy atom. The molecule has 1 heterocycles. The van der Waals surface area contributed by atoms with E-state index in [4.69, 9.17) is 16.7 Å². The topological polar surface area (TPSA) is 53.4 Å². The van der Waals surface area contributed by atoms with E-state index in [9.17, 15) is 4.79 Å². The van der Waals surface area contributed by atoms with E-state index >= 15 is 0 Å². The highest BCUT2D eigenvalue weighted by atomic mass is 35.5. The van der Waals surface area contributed by atoms with Gasteiger partial charge < -0.3 is 10.0 Å². The van der Waals surface area contributed by atoms with Gasteiger partial charge in [0.05, 0.1) is 23.4 Å². The first-order valence-electron chi connectivity index (χ1n) is 7.63. The maximum Gasteiger partial charge on any atom is 0.254 e. The molecule has 0 unspecified atom stereocenters. The molecular formula is C19H17ClN2O2. The smallest absolute Gasteiger partial charge is 0.254 e. The molecular weight excluding hydrogens is 324 g/mol. The van der Waals surface area contributed by atoms with Crippen molar-refractivity contribution in [2.45, 2.75) is 0 Å². The predicted octanol–water partition coefficient (Wildman–Crippen LogP) is 3.62. The number of aliphatic hydroxyl groups excluding tert-OH is 1. The Kier molecular flexibility index (Phi) is 4.79. The number of hydrogen-bond donors (Lipinski definition) is 1. The molecule has 1 N–H and O–H groups in total. The van der Waals surface area contributed by atoms with Crippen molar-refractivity contribution in [3.8, 4) is 11.3 Å². The summed E-state index contributed by atoms with van der Waals surface area (Å²) in [6.45, 7) is 0.194. The lowest BCUT2D eigenvalue weighted by Gasteiger charge is -2.18. The Morgan fingerprint density at radius 3 is 2.62 bits per heavy atom. The summed E-state index contributed by atoms with van der Waals surface area (Å²) in [7, 11) is 1.67. The van der Waals surface area contributed by atoms with Gasteiger partial charge in [-0.3, -0.25) is 4.79 Å². The average molecular weight is 341 g/mol. The SMILES string of the molecule is CN(CCO)C(=O)c1cc(-c2ccccc2Cl)nc2ccccc12. The first kappa shape index (κ1) is 16.4. The Balaban J connectivity index is 2.20. The second-order valence-electron chi connectivity index (χ2n) is 5.50. The van der Waals surface area contributed by atoms with Gasteiger partial charge in [0.2, 0.25) is 0 Å². The monoisotopic (exact) mass is 340 g/mol. The van der Waals surface area contributed by atoms with E-state index in [1.807, 2.05) is 42.5 Å². The van der Waals surface area contributed by atoms with Gasteiger partial charge in [-0.1, -0.05) is 48.0 Å². The van der Waals surface area contributed by atoms with Crippen LogP contribution in [-0.2, 0) is 0 Å². The maximum absolute atomic E-state index is 12.8. The van der Waals surface area contributed by atoms with Gasteiger partial charge in [-0.05, 0) is 18.2 Å². The Labute approximate surface area is 145 Å². The third kappa shape index (κ3) is 3.11. The fraction of sp³-hybridized carbons (Fsp3) is 0.158. The van der Waals surface area contributed by atoms with Gasteiger partial charge in [-0.2, -0.15) is 0 Å². The van der Waals surface area contributed by atoms with Crippen molar-refractivity contribution in [3.05, 3.63) is 65.2 Å². The van der Waals surface area contributed by atoms with E-state index in [1.54, 1.807) is 19.2 Å². The maximum atomic E-state index is 12.8. The van der Waals surface area contributed by atoms with Gasteiger partial charge in [0.1, 0.15) is 0 Å². The molecule has 3 rings (SSSR count). The van der Waals surface area contributed by atoms with Gasteiger partial charge in [-0.25, -0.2) is 4.98 Å². The van der Waals surface area contributed by atoms with E-state index in [2.05, 4.69) is 4.98 Å². The van der Waals surface area contributed by atoms with Crippen LogP contribution in [0.3, 0.4) is 0 Å². The van der Waals surface area contributed by atoms with Gasteiger partial charge in [0.25, 0.3) is 5.91 Å². The van der Waals surface area contributed by atoms with Crippen molar-refractivity contribution < 1.29 is 9.90 Å². The summed E-state index contributed by atoms with van der Waals surface area (Å²) in [4.78, 5) is 18.9. The predicted molar refractivity (Wildman–Crippen MR) is 96.2 cm³/mol. The number of likely N-dealkylation sites (N-methyl/N-ethyl adjacent to an activating group) is 1. The van der Waals surface area contributed by atoms with Crippen LogP contribution in [0.1, 0.15) is 10.4 Å². The molecule has 2 aromatic carbocycles. The van der Waals surface area contributed by atoms with E-state index in [0.717, 1.165) is 16.5 Å². The number of amides is 1. The van der Waals surface area contributed by atoms with Crippen LogP contribution in [0, 0.1) is 0 Å². The third-order valence-corrected chi connectivity index (χ3v) is 4.21. The number of hydrogen-bond acceptors (Lipinski definition) is 3. The lowest BCUT2D eigenvalue weighted by molar-refractivity contribution is 0.0769. The first-order valence-corrected chi connectivity index (χ1v) is 8.00. The molecule has 0 spiro atoms. The van der Waals surface area contributed by atoms with Crippen LogP contribution in [0.15, 0.2) is 54.6 Å². The number of nitrogens with zero attached hydrogens (tertiary/aromatic N) is 2. The molecule has 24 heavy (non-hydrogen) atoms. The molecule has 0 aliphatic carbocycles. The number of carbonyl (C=O) groups is 1. The molecule has 0 fully saturated rings. The number of aromatic nitrogens is 1. The Bertz CT molecular complexity index is 895. The van der Waals surface area contributed by atoms with Crippen molar-refractivity contribution in [2.75, 3.05) is 20.2 Å². The number of carbonyl (C=O) groups excluding carboxylic acids is 1. The van der Waals surface area contributed by atoms with Crippen molar-refractivity contribution >= 4 is 28.4 Å². The van der Waals surface area contributed by atoms with E-state index < -0.39 is 0 Å². The second kappa shape index (κ2) is 6.99. The lowest BCUT2D eigenvalue weighted by Crippen LogP contribution is -2.29. The number of halogens is 1. The standard InChI is InChI=1S/C19H17ClN2O2/c1-22(10-11-23)19(24)15-12-18(14-7-2-4-8-16(14)20)21-17-9-5-3-6-13(15)17/h2-9,12,23H,10-11H2,1H3. The van der Waals surface area contributed by atoms with Crippen molar-refractivity contribution in [3.63, 3.8) is 0 Å². The number of pyridine rings is 1. The first-order chi connectivity index (χ1) is 11.6. The minimum atomic E-state index is -0.157. The molecule has 0 aliphatic rings. The molecule has 1 amide bonds. The highest BCUT2D eigenvalue weighted by molar-refractivity contribution is 6.33. The lowest BCUT2D eigenvalue weighted by atomic mass is 10.0. The molecule has 1 aromatic heterocycles. The molecule has 0 radical (unpaired) electrons. The van der Waals surface area contributed by atoms with Gasteiger partial charge in [-0.15, -0.1) is 0 Å². The van der Waals surface area contributed by atoms with E-state index in [0.29, 0.717) is 16.3 Å². The van der Waals surface area contributed by atoms with Crippen molar-refractivity contribution in [2.24, 2.45) is 0 Å². The van der Waals surface area contributed by atoms with Gasteiger partial charge in [0.15, 0.2) is 0 Å². The summed E-state index contributed by atoms with van der Waals surface area (Å²) >= 11 is 6.29. The van der Waals surface area contributed by atoms with Crippen LogP contribution < -0.4 is 0 Å². The van der Waals surface area contributed by atoms with Crippen LogP contribution >= 0.6 is 11.6 Å². The number of fused-ring (bicyclic) bond motifs is 1. The van der Waals surface area contributed by atoms with E-state index in [1.165, 1.54) is 4.90 Å². The van der Waals surface area contributed by atoms with Gasteiger partial charge >= 0.3 is 0 Å². The second-order valence-corrected chi connectivity index (χ2v) is 5.91. The average Bonchev–Trinajstić information content (AvgIpc) is 2.60. The van der Waals surface area contributed by atoms with Crippen molar-refractivity contribution in [1.29, 1.82) is 0 Å².